The standard InChI is InChI=1S/C20H28N4/c1-22(17-18-6-5-7-19(21)16-18)10-11-23-12-14-24(15-13-23)20-8-3-2-4-9-20/h2-9,16H,10-15,17,21H2,1H3. The fourth-order valence-corrected chi connectivity index (χ4v) is 3.26. The predicted octanol–water partition coefficient (Wildman–Crippen LogP) is 2.52. The number of hydrogen-bond acceptors (Lipinski definition) is 4. The second-order valence-electron chi connectivity index (χ2n) is 6.65. The molecule has 4 heteroatoms. The topological polar surface area (TPSA) is 35.7 Å². The normalized spacial score (nSPS) is 15.8. The summed E-state index contributed by atoms with van der Waals surface area (Å²) in [4.78, 5) is 7.42. The summed E-state index contributed by atoms with van der Waals surface area (Å²) in [6.45, 7) is 7.67. The Morgan fingerprint density at radius 1 is 0.958 bits per heavy atom. The average Bonchev–Trinajstić information content (AvgIpc) is 2.61. The lowest BCUT2D eigenvalue weighted by atomic mass is 10.2. The van der Waals surface area contributed by atoms with Crippen LogP contribution in [0.5, 0.6) is 0 Å². The number of nitrogen functional groups attached to an aromatic ring is 1. The van der Waals surface area contributed by atoms with Crippen molar-refractivity contribution in [2.75, 3.05) is 56.9 Å². The maximum atomic E-state index is 5.85. The molecule has 0 bridgehead atoms. The Morgan fingerprint density at radius 2 is 1.71 bits per heavy atom. The van der Waals surface area contributed by atoms with Gasteiger partial charge in [0.05, 0.1) is 0 Å². The van der Waals surface area contributed by atoms with Gasteiger partial charge in [-0.15, -0.1) is 0 Å². The van der Waals surface area contributed by atoms with E-state index in [0.717, 1.165) is 51.5 Å². The third-order valence-corrected chi connectivity index (χ3v) is 4.70. The summed E-state index contributed by atoms with van der Waals surface area (Å²) in [5.41, 5.74) is 9.33. The van der Waals surface area contributed by atoms with Gasteiger partial charge in [-0.25, -0.2) is 0 Å². The highest BCUT2D eigenvalue weighted by atomic mass is 15.3. The fourth-order valence-electron chi connectivity index (χ4n) is 3.26. The second kappa shape index (κ2) is 8.18. The van der Waals surface area contributed by atoms with Crippen molar-refractivity contribution in [3.63, 3.8) is 0 Å². The van der Waals surface area contributed by atoms with Gasteiger partial charge in [-0.2, -0.15) is 0 Å². The van der Waals surface area contributed by atoms with Gasteiger partial charge in [-0.3, -0.25) is 4.90 Å². The lowest BCUT2D eigenvalue weighted by Crippen LogP contribution is -2.48. The summed E-state index contributed by atoms with van der Waals surface area (Å²) in [7, 11) is 2.18. The molecule has 2 aromatic rings. The molecule has 0 spiro atoms. The molecule has 128 valence electrons. The number of rotatable bonds is 6. The van der Waals surface area contributed by atoms with Gasteiger partial charge in [0, 0.05) is 57.2 Å². The summed E-state index contributed by atoms with van der Waals surface area (Å²) >= 11 is 0. The van der Waals surface area contributed by atoms with Gasteiger partial charge in [0.15, 0.2) is 0 Å². The molecule has 1 fully saturated rings. The van der Waals surface area contributed by atoms with E-state index in [1.165, 1.54) is 11.3 Å². The first kappa shape index (κ1) is 16.8. The molecule has 2 aromatic carbocycles. The molecular formula is C20H28N4. The molecular weight excluding hydrogens is 296 g/mol. The van der Waals surface area contributed by atoms with Crippen LogP contribution < -0.4 is 10.6 Å². The summed E-state index contributed by atoms with van der Waals surface area (Å²) < 4.78 is 0. The first-order valence-electron chi connectivity index (χ1n) is 8.76. The maximum absolute atomic E-state index is 5.85. The molecule has 1 aliphatic rings. The van der Waals surface area contributed by atoms with Gasteiger partial charge in [-0.1, -0.05) is 30.3 Å². The molecule has 24 heavy (non-hydrogen) atoms. The van der Waals surface area contributed by atoms with Crippen LogP contribution in [0.4, 0.5) is 11.4 Å². The van der Waals surface area contributed by atoms with Crippen molar-refractivity contribution in [1.82, 2.24) is 9.80 Å². The van der Waals surface area contributed by atoms with Crippen molar-refractivity contribution in [3.05, 3.63) is 60.2 Å². The van der Waals surface area contributed by atoms with Crippen LogP contribution in [0.1, 0.15) is 5.56 Å². The van der Waals surface area contributed by atoms with Gasteiger partial charge >= 0.3 is 0 Å². The molecule has 0 aliphatic carbocycles. The Morgan fingerprint density at radius 3 is 2.42 bits per heavy atom. The van der Waals surface area contributed by atoms with Crippen molar-refractivity contribution in [1.29, 1.82) is 0 Å². The molecule has 0 amide bonds. The zero-order valence-corrected chi connectivity index (χ0v) is 14.6. The summed E-state index contributed by atoms with van der Waals surface area (Å²) in [6.07, 6.45) is 0. The largest absolute Gasteiger partial charge is 0.399 e. The summed E-state index contributed by atoms with van der Waals surface area (Å²) in [6, 6.07) is 18.9. The Balaban J connectivity index is 1.40. The smallest absolute Gasteiger partial charge is 0.0367 e. The van der Waals surface area contributed by atoms with Crippen LogP contribution in [0.3, 0.4) is 0 Å². The van der Waals surface area contributed by atoms with Crippen molar-refractivity contribution < 1.29 is 0 Å². The molecule has 4 nitrogen and oxygen atoms in total. The molecule has 0 atom stereocenters. The predicted molar refractivity (Wildman–Crippen MR) is 102 cm³/mol. The Labute approximate surface area is 145 Å². The van der Waals surface area contributed by atoms with Crippen molar-refractivity contribution in [2.24, 2.45) is 0 Å². The van der Waals surface area contributed by atoms with E-state index in [4.69, 9.17) is 5.73 Å². The van der Waals surface area contributed by atoms with Crippen molar-refractivity contribution in [3.8, 4) is 0 Å². The van der Waals surface area contributed by atoms with Crippen LogP contribution in [-0.2, 0) is 6.54 Å². The second-order valence-corrected chi connectivity index (χ2v) is 6.65. The van der Waals surface area contributed by atoms with Crippen LogP contribution in [0.25, 0.3) is 0 Å². The van der Waals surface area contributed by atoms with Gasteiger partial charge in [0.2, 0.25) is 0 Å². The molecule has 0 saturated carbocycles. The fraction of sp³-hybridized carbons (Fsp3) is 0.400. The SMILES string of the molecule is CN(CCN1CCN(c2ccccc2)CC1)Cc1cccc(N)c1. The number of para-hydroxylation sites is 1. The number of benzene rings is 2. The number of likely N-dealkylation sites (N-methyl/N-ethyl adjacent to an activating group) is 1. The molecule has 0 unspecified atom stereocenters. The number of nitrogens with two attached hydrogens (primary N) is 1. The Hall–Kier alpha value is -2.04. The number of nitrogens with zero attached hydrogens (tertiary/aromatic N) is 3. The molecule has 1 saturated heterocycles. The van der Waals surface area contributed by atoms with Crippen LogP contribution in [0.15, 0.2) is 54.6 Å². The zero-order chi connectivity index (χ0) is 16.8. The number of piperazine rings is 1. The first-order valence-corrected chi connectivity index (χ1v) is 8.76. The highest BCUT2D eigenvalue weighted by Crippen LogP contribution is 2.15. The number of hydrogen-bond donors (Lipinski definition) is 1. The molecule has 0 aromatic heterocycles. The number of anilines is 2. The average molecular weight is 324 g/mol. The highest BCUT2D eigenvalue weighted by Gasteiger charge is 2.17. The van der Waals surface area contributed by atoms with Gasteiger partial charge in [0.1, 0.15) is 0 Å². The summed E-state index contributed by atoms with van der Waals surface area (Å²) in [5, 5.41) is 0. The van der Waals surface area contributed by atoms with Crippen molar-refractivity contribution >= 4 is 11.4 Å². The van der Waals surface area contributed by atoms with Gasteiger partial charge in [-0.05, 0) is 36.9 Å². The van der Waals surface area contributed by atoms with E-state index in [2.05, 4.69) is 64.2 Å². The lowest BCUT2D eigenvalue weighted by Gasteiger charge is -2.36. The van der Waals surface area contributed by atoms with E-state index in [1.807, 2.05) is 12.1 Å². The van der Waals surface area contributed by atoms with Crippen molar-refractivity contribution in [2.45, 2.75) is 6.54 Å². The highest BCUT2D eigenvalue weighted by molar-refractivity contribution is 5.46. The van der Waals surface area contributed by atoms with E-state index in [-0.39, 0.29) is 0 Å². The van der Waals surface area contributed by atoms with E-state index in [0.29, 0.717) is 0 Å². The Bertz CT molecular complexity index is 621. The van der Waals surface area contributed by atoms with E-state index < -0.39 is 0 Å². The van der Waals surface area contributed by atoms with Crippen LogP contribution in [0, 0.1) is 0 Å². The minimum atomic E-state index is 0.845. The summed E-state index contributed by atoms with van der Waals surface area (Å²) in [5.74, 6) is 0. The van der Waals surface area contributed by atoms with Crippen LogP contribution >= 0.6 is 0 Å². The van der Waals surface area contributed by atoms with E-state index >= 15 is 0 Å². The minimum absolute atomic E-state index is 0.845. The zero-order valence-electron chi connectivity index (χ0n) is 14.6. The molecule has 0 radical (unpaired) electrons. The third kappa shape index (κ3) is 4.73. The van der Waals surface area contributed by atoms with Gasteiger partial charge < -0.3 is 15.5 Å². The quantitative estimate of drug-likeness (QED) is 0.828. The lowest BCUT2D eigenvalue weighted by molar-refractivity contribution is 0.212. The van der Waals surface area contributed by atoms with E-state index in [9.17, 15) is 0 Å². The van der Waals surface area contributed by atoms with Crippen LogP contribution in [0.2, 0.25) is 0 Å². The molecule has 2 N–H and O–H groups in total. The third-order valence-electron chi connectivity index (χ3n) is 4.70. The molecule has 1 heterocycles. The Kier molecular flexibility index (Phi) is 5.72. The molecule has 3 rings (SSSR count). The molecule has 1 aliphatic heterocycles. The van der Waals surface area contributed by atoms with Crippen LogP contribution in [-0.4, -0.2) is 56.1 Å². The maximum Gasteiger partial charge on any atom is 0.0367 e. The monoisotopic (exact) mass is 324 g/mol. The van der Waals surface area contributed by atoms with E-state index in [1.54, 1.807) is 0 Å². The minimum Gasteiger partial charge on any atom is -0.399 e. The van der Waals surface area contributed by atoms with Gasteiger partial charge in [0.25, 0.3) is 0 Å². The first-order chi connectivity index (χ1) is 11.7.